The lowest BCUT2D eigenvalue weighted by Gasteiger charge is -2.12. The number of rotatable bonds is 6. The first-order chi connectivity index (χ1) is 8.40. The summed E-state index contributed by atoms with van der Waals surface area (Å²) in [5, 5.41) is 0.410. The van der Waals surface area contributed by atoms with Crippen LogP contribution < -0.4 is 10.5 Å². The lowest BCUT2D eigenvalue weighted by Crippen LogP contribution is -2.29. The van der Waals surface area contributed by atoms with Gasteiger partial charge in [-0.1, -0.05) is 24.6 Å². The molecule has 0 aliphatic carbocycles. The molecule has 0 heterocycles. The standard InChI is InChI=1S/C11H17ClN2O2S2/c1-8(17-2)7-14-18(15,16)11-5-9(6-13)3-4-10(11)12/h3-5,8,14H,6-7,13H2,1-2H3. The molecule has 0 spiro atoms. The maximum atomic E-state index is 12.1. The van der Waals surface area contributed by atoms with Gasteiger partial charge in [-0.25, -0.2) is 13.1 Å². The third-order valence-corrected chi connectivity index (χ3v) is 5.36. The van der Waals surface area contributed by atoms with Crippen molar-refractivity contribution in [1.29, 1.82) is 0 Å². The molecule has 3 N–H and O–H groups in total. The molecule has 0 bridgehead atoms. The molecule has 1 rings (SSSR count). The molecule has 7 heteroatoms. The van der Waals surface area contributed by atoms with E-state index < -0.39 is 10.0 Å². The van der Waals surface area contributed by atoms with Crippen LogP contribution in [0.2, 0.25) is 5.02 Å². The van der Waals surface area contributed by atoms with Gasteiger partial charge in [-0.15, -0.1) is 0 Å². The predicted octanol–water partition coefficient (Wildman–Crippen LogP) is 1.83. The maximum absolute atomic E-state index is 12.1. The Bertz CT molecular complexity index is 506. The fourth-order valence-corrected chi connectivity index (χ4v) is 3.30. The van der Waals surface area contributed by atoms with Crippen molar-refractivity contribution in [2.75, 3.05) is 12.8 Å². The second-order valence-electron chi connectivity index (χ2n) is 3.87. The Labute approximate surface area is 117 Å². The third-order valence-electron chi connectivity index (χ3n) is 2.48. The van der Waals surface area contributed by atoms with E-state index in [9.17, 15) is 8.42 Å². The Morgan fingerprint density at radius 3 is 2.72 bits per heavy atom. The van der Waals surface area contributed by atoms with Gasteiger partial charge in [-0.3, -0.25) is 0 Å². The molecular formula is C11H17ClN2O2S2. The van der Waals surface area contributed by atoms with E-state index >= 15 is 0 Å². The quantitative estimate of drug-likeness (QED) is 0.841. The average molecular weight is 309 g/mol. The van der Waals surface area contributed by atoms with Crippen molar-refractivity contribution in [3.8, 4) is 0 Å². The van der Waals surface area contributed by atoms with Crippen LogP contribution in [0.1, 0.15) is 12.5 Å². The highest BCUT2D eigenvalue weighted by atomic mass is 35.5. The van der Waals surface area contributed by atoms with Crippen LogP contribution in [0.3, 0.4) is 0 Å². The summed E-state index contributed by atoms with van der Waals surface area (Å²) in [6, 6.07) is 4.77. The minimum absolute atomic E-state index is 0.0837. The monoisotopic (exact) mass is 308 g/mol. The first-order valence-corrected chi connectivity index (χ1v) is 8.56. The van der Waals surface area contributed by atoms with E-state index in [0.717, 1.165) is 5.56 Å². The van der Waals surface area contributed by atoms with E-state index in [-0.39, 0.29) is 21.7 Å². The van der Waals surface area contributed by atoms with Gasteiger partial charge in [0.25, 0.3) is 0 Å². The van der Waals surface area contributed by atoms with Gasteiger partial charge in [0.15, 0.2) is 0 Å². The summed E-state index contributed by atoms with van der Waals surface area (Å²) in [4.78, 5) is 0.0837. The molecule has 0 amide bonds. The summed E-state index contributed by atoms with van der Waals surface area (Å²) in [6.07, 6.45) is 1.93. The smallest absolute Gasteiger partial charge is 0.242 e. The van der Waals surface area contributed by atoms with Gasteiger partial charge in [-0.05, 0) is 24.0 Å². The number of thioether (sulfide) groups is 1. The lowest BCUT2D eigenvalue weighted by atomic mass is 10.2. The zero-order chi connectivity index (χ0) is 13.8. The molecule has 0 aliphatic heterocycles. The van der Waals surface area contributed by atoms with Crippen LogP contribution in [0.15, 0.2) is 23.1 Å². The summed E-state index contributed by atoms with van der Waals surface area (Å²) in [5.41, 5.74) is 6.23. The van der Waals surface area contributed by atoms with Crippen LogP contribution in [0, 0.1) is 0 Å². The molecule has 0 saturated heterocycles. The van der Waals surface area contributed by atoms with Crippen molar-refractivity contribution in [2.24, 2.45) is 5.73 Å². The summed E-state index contributed by atoms with van der Waals surface area (Å²) in [6.45, 7) is 2.60. The molecule has 0 saturated carbocycles. The Kier molecular flexibility index (Phi) is 5.94. The Hall–Kier alpha value is -0.270. The van der Waals surface area contributed by atoms with E-state index in [0.29, 0.717) is 6.54 Å². The summed E-state index contributed by atoms with van der Waals surface area (Å²) < 4.78 is 26.7. The highest BCUT2D eigenvalue weighted by Crippen LogP contribution is 2.22. The minimum atomic E-state index is -3.58. The van der Waals surface area contributed by atoms with E-state index in [1.807, 2.05) is 13.2 Å². The number of hydrogen-bond donors (Lipinski definition) is 2. The third kappa shape index (κ3) is 4.13. The molecule has 1 aromatic rings. The number of benzene rings is 1. The van der Waals surface area contributed by atoms with Crippen LogP contribution in [0.4, 0.5) is 0 Å². The van der Waals surface area contributed by atoms with E-state index in [2.05, 4.69) is 4.72 Å². The highest BCUT2D eigenvalue weighted by molar-refractivity contribution is 7.99. The van der Waals surface area contributed by atoms with Gasteiger partial charge in [0, 0.05) is 18.3 Å². The fraction of sp³-hybridized carbons (Fsp3) is 0.455. The molecular weight excluding hydrogens is 292 g/mol. The van der Waals surface area contributed by atoms with Gasteiger partial charge < -0.3 is 5.73 Å². The normalized spacial score (nSPS) is 13.6. The molecule has 4 nitrogen and oxygen atoms in total. The molecule has 1 atom stereocenters. The lowest BCUT2D eigenvalue weighted by molar-refractivity contribution is 0.581. The zero-order valence-corrected chi connectivity index (χ0v) is 12.7. The topological polar surface area (TPSA) is 72.2 Å². The SMILES string of the molecule is CSC(C)CNS(=O)(=O)c1cc(CN)ccc1Cl. The van der Waals surface area contributed by atoms with Crippen LogP contribution in [-0.2, 0) is 16.6 Å². The fourth-order valence-electron chi connectivity index (χ4n) is 1.27. The molecule has 18 heavy (non-hydrogen) atoms. The van der Waals surface area contributed by atoms with E-state index in [4.69, 9.17) is 17.3 Å². The first kappa shape index (κ1) is 15.8. The van der Waals surface area contributed by atoms with Crippen molar-refractivity contribution in [1.82, 2.24) is 4.72 Å². The van der Waals surface area contributed by atoms with Gasteiger partial charge in [0.1, 0.15) is 4.90 Å². The summed E-state index contributed by atoms with van der Waals surface area (Å²) in [5.74, 6) is 0. The van der Waals surface area contributed by atoms with Crippen molar-refractivity contribution in [2.45, 2.75) is 23.6 Å². The summed E-state index contributed by atoms with van der Waals surface area (Å²) >= 11 is 7.51. The van der Waals surface area contributed by atoms with Gasteiger partial charge >= 0.3 is 0 Å². The zero-order valence-electron chi connectivity index (χ0n) is 10.3. The number of halogens is 1. The largest absolute Gasteiger partial charge is 0.326 e. The minimum Gasteiger partial charge on any atom is -0.326 e. The van der Waals surface area contributed by atoms with Gasteiger partial charge in [0.05, 0.1) is 5.02 Å². The molecule has 0 radical (unpaired) electrons. The van der Waals surface area contributed by atoms with Gasteiger partial charge in [0.2, 0.25) is 10.0 Å². The van der Waals surface area contributed by atoms with Crippen LogP contribution >= 0.6 is 23.4 Å². The Balaban J connectivity index is 2.97. The van der Waals surface area contributed by atoms with Crippen LogP contribution in [-0.4, -0.2) is 26.5 Å². The number of nitrogens with one attached hydrogen (secondary N) is 1. The highest BCUT2D eigenvalue weighted by Gasteiger charge is 2.18. The molecule has 0 aliphatic rings. The maximum Gasteiger partial charge on any atom is 0.242 e. The first-order valence-electron chi connectivity index (χ1n) is 5.41. The van der Waals surface area contributed by atoms with Crippen molar-refractivity contribution in [3.63, 3.8) is 0 Å². The number of nitrogens with two attached hydrogens (primary N) is 1. The van der Waals surface area contributed by atoms with Crippen molar-refractivity contribution in [3.05, 3.63) is 28.8 Å². The van der Waals surface area contributed by atoms with E-state index in [1.165, 1.54) is 6.07 Å². The summed E-state index contributed by atoms with van der Waals surface area (Å²) in [7, 11) is -3.58. The molecule has 0 aromatic heterocycles. The average Bonchev–Trinajstić information content (AvgIpc) is 2.36. The van der Waals surface area contributed by atoms with Crippen molar-refractivity contribution < 1.29 is 8.42 Å². The molecule has 1 unspecified atom stereocenters. The van der Waals surface area contributed by atoms with Crippen molar-refractivity contribution >= 4 is 33.4 Å². The number of sulfonamides is 1. The van der Waals surface area contributed by atoms with Crippen LogP contribution in [0.25, 0.3) is 0 Å². The predicted molar refractivity (Wildman–Crippen MR) is 77.5 cm³/mol. The molecule has 0 fully saturated rings. The van der Waals surface area contributed by atoms with Crippen LogP contribution in [0.5, 0.6) is 0 Å². The Morgan fingerprint density at radius 2 is 2.17 bits per heavy atom. The van der Waals surface area contributed by atoms with E-state index in [1.54, 1.807) is 23.9 Å². The second kappa shape index (κ2) is 6.77. The number of hydrogen-bond acceptors (Lipinski definition) is 4. The van der Waals surface area contributed by atoms with Gasteiger partial charge in [-0.2, -0.15) is 11.8 Å². The second-order valence-corrected chi connectivity index (χ2v) is 7.29. The molecule has 102 valence electrons. The molecule has 1 aromatic carbocycles. The Morgan fingerprint density at radius 1 is 1.50 bits per heavy atom.